The number of piperidine rings is 1. The molecule has 2 bridgehead atoms. The Kier molecular flexibility index (Phi) is 2.97. The molecule has 0 amide bonds. The lowest BCUT2D eigenvalue weighted by molar-refractivity contribution is 0.309. The minimum absolute atomic E-state index is 0.224. The predicted molar refractivity (Wildman–Crippen MR) is 70.1 cm³/mol. The van der Waals surface area contributed by atoms with Crippen LogP contribution in [0.25, 0.3) is 0 Å². The van der Waals surface area contributed by atoms with Crippen LogP contribution in [-0.2, 0) is 0 Å². The number of hydrogen-bond donors (Lipinski definition) is 0. The number of ether oxygens (including phenoxy) is 1. The average molecular weight is 272 g/mol. The molecule has 2 heterocycles. The quantitative estimate of drug-likeness (QED) is 0.605. The highest BCUT2D eigenvalue weighted by atomic mass is 35.5. The van der Waals surface area contributed by atoms with E-state index in [-0.39, 0.29) is 5.50 Å². The fourth-order valence-corrected chi connectivity index (χ4v) is 3.69. The molecular formula is C13H15Cl2NO. The average Bonchev–Trinajstić information content (AvgIpc) is 2.87. The molecule has 0 aromatic heterocycles. The van der Waals surface area contributed by atoms with Gasteiger partial charge in [0.2, 0.25) is 0 Å². The van der Waals surface area contributed by atoms with Crippen LogP contribution in [0.4, 0.5) is 0 Å². The summed E-state index contributed by atoms with van der Waals surface area (Å²) in [6.45, 7) is 2.13. The monoisotopic (exact) mass is 271 g/mol. The van der Waals surface area contributed by atoms with Gasteiger partial charge < -0.3 is 4.74 Å². The number of fused-ring (bicyclic) bond motifs is 2. The zero-order valence-corrected chi connectivity index (χ0v) is 11.2. The third kappa shape index (κ3) is 1.92. The lowest BCUT2D eigenvalue weighted by atomic mass is 9.86. The van der Waals surface area contributed by atoms with Gasteiger partial charge in [-0.3, -0.25) is 4.90 Å². The summed E-state index contributed by atoms with van der Waals surface area (Å²) in [5, 5.41) is 0.779. The van der Waals surface area contributed by atoms with Gasteiger partial charge in [0.1, 0.15) is 5.75 Å². The molecule has 2 saturated heterocycles. The molecule has 4 atom stereocenters. The van der Waals surface area contributed by atoms with Gasteiger partial charge in [-0.1, -0.05) is 11.6 Å². The summed E-state index contributed by atoms with van der Waals surface area (Å²) in [5.41, 5.74) is 1.46. The van der Waals surface area contributed by atoms with Crippen LogP contribution in [0.2, 0.25) is 5.02 Å². The van der Waals surface area contributed by atoms with Gasteiger partial charge in [-0.25, -0.2) is 0 Å². The molecule has 2 aliphatic rings. The summed E-state index contributed by atoms with van der Waals surface area (Å²) in [4.78, 5) is 2.34. The molecule has 4 heteroatoms. The van der Waals surface area contributed by atoms with Crippen LogP contribution >= 0.6 is 23.2 Å². The van der Waals surface area contributed by atoms with E-state index in [1.807, 2.05) is 18.2 Å². The van der Waals surface area contributed by atoms with Gasteiger partial charge in [-0.15, -0.1) is 11.6 Å². The topological polar surface area (TPSA) is 12.5 Å². The van der Waals surface area contributed by atoms with Crippen LogP contribution < -0.4 is 4.74 Å². The van der Waals surface area contributed by atoms with E-state index in [1.165, 1.54) is 5.56 Å². The minimum atomic E-state index is 0.224. The highest BCUT2D eigenvalue weighted by Crippen LogP contribution is 2.46. The molecule has 1 unspecified atom stereocenters. The Hall–Kier alpha value is -0.440. The highest BCUT2D eigenvalue weighted by Gasteiger charge is 2.44. The summed E-state index contributed by atoms with van der Waals surface area (Å²) in [5.74, 6) is 2.10. The van der Waals surface area contributed by atoms with E-state index in [4.69, 9.17) is 27.9 Å². The molecule has 0 radical (unpaired) electrons. The number of benzene rings is 1. The molecule has 0 aliphatic carbocycles. The second-order valence-corrected chi connectivity index (χ2v) is 5.82. The highest BCUT2D eigenvalue weighted by molar-refractivity contribution is 6.30. The predicted octanol–water partition coefficient (Wildman–Crippen LogP) is 3.33. The smallest absolute Gasteiger partial charge is 0.122 e. The molecule has 3 rings (SSSR count). The summed E-state index contributed by atoms with van der Waals surface area (Å²) >= 11 is 12.3. The van der Waals surface area contributed by atoms with Crippen molar-refractivity contribution in [2.24, 2.45) is 5.92 Å². The van der Waals surface area contributed by atoms with Crippen LogP contribution in [0.3, 0.4) is 0 Å². The second-order valence-electron chi connectivity index (χ2n) is 4.88. The van der Waals surface area contributed by atoms with Crippen molar-refractivity contribution in [3.63, 3.8) is 0 Å². The van der Waals surface area contributed by atoms with Gasteiger partial charge in [0.15, 0.2) is 0 Å². The lowest BCUT2D eigenvalue weighted by Gasteiger charge is -2.27. The lowest BCUT2D eigenvalue weighted by Crippen LogP contribution is -2.28. The van der Waals surface area contributed by atoms with Crippen LogP contribution in [0.1, 0.15) is 17.9 Å². The van der Waals surface area contributed by atoms with Crippen molar-refractivity contribution in [3.05, 3.63) is 28.8 Å². The van der Waals surface area contributed by atoms with Crippen molar-refractivity contribution in [1.82, 2.24) is 4.90 Å². The fourth-order valence-electron chi connectivity index (χ4n) is 3.12. The Bertz CT molecular complexity index is 435. The maximum atomic E-state index is 6.24. The first kappa shape index (κ1) is 11.6. The fraction of sp³-hybridized carbons (Fsp3) is 0.538. The van der Waals surface area contributed by atoms with Crippen molar-refractivity contribution in [1.29, 1.82) is 0 Å². The molecular weight excluding hydrogens is 257 g/mol. The largest absolute Gasteiger partial charge is 0.496 e. The van der Waals surface area contributed by atoms with Crippen LogP contribution in [0.5, 0.6) is 5.75 Å². The van der Waals surface area contributed by atoms with Crippen LogP contribution in [0.15, 0.2) is 18.2 Å². The Morgan fingerprint density at radius 3 is 2.76 bits per heavy atom. The van der Waals surface area contributed by atoms with E-state index in [0.29, 0.717) is 11.8 Å². The SMILES string of the molecule is COc1ccc(Cl)cc1[C@@H]1CN2C[C@@H]1C[C@@H]2Cl. The number of hydrogen-bond acceptors (Lipinski definition) is 2. The zero-order valence-electron chi connectivity index (χ0n) is 9.70. The van der Waals surface area contributed by atoms with E-state index in [0.717, 1.165) is 30.3 Å². The number of nitrogens with zero attached hydrogens (tertiary/aromatic N) is 1. The summed E-state index contributed by atoms with van der Waals surface area (Å²) < 4.78 is 5.44. The van der Waals surface area contributed by atoms with Gasteiger partial charge in [-0.05, 0) is 30.5 Å². The maximum absolute atomic E-state index is 6.24. The van der Waals surface area contributed by atoms with Crippen molar-refractivity contribution in [2.75, 3.05) is 20.2 Å². The molecule has 2 nitrogen and oxygen atoms in total. The van der Waals surface area contributed by atoms with Gasteiger partial charge in [-0.2, -0.15) is 0 Å². The molecule has 1 aromatic carbocycles. The van der Waals surface area contributed by atoms with Crippen molar-refractivity contribution < 1.29 is 4.74 Å². The van der Waals surface area contributed by atoms with Crippen molar-refractivity contribution in [3.8, 4) is 5.75 Å². The van der Waals surface area contributed by atoms with Gasteiger partial charge in [0.05, 0.1) is 12.6 Å². The Morgan fingerprint density at radius 1 is 1.35 bits per heavy atom. The van der Waals surface area contributed by atoms with Gasteiger partial charge in [0.25, 0.3) is 0 Å². The maximum Gasteiger partial charge on any atom is 0.122 e. The summed E-state index contributed by atoms with van der Waals surface area (Å²) in [6.07, 6.45) is 1.07. The van der Waals surface area contributed by atoms with E-state index in [9.17, 15) is 0 Å². The Labute approximate surface area is 111 Å². The first-order valence-electron chi connectivity index (χ1n) is 5.90. The minimum Gasteiger partial charge on any atom is -0.496 e. The van der Waals surface area contributed by atoms with E-state index in [2.05, 4.69) is 4.90 Å². The normalized spacial score (nSPS) is 35.2. The molecule has 92 valence electrons. The first-order chi connectivity index (χ1) is 8.19. The molecule has 2 fully saturated rings. The standard InChI is InChI=1S/C13H15Cl2NO/c1-17-12-3-2-9(14)5-10(12)11-7-16-6-8(11)4-13(16)15/h2-3,5,8,11,13H,4,6-7H2,1H3/t8-,11+,13+/m0/s1. The zero-order chi connectivity index (χ0) is 12.0. The summed E-state index contributed by atoms with van der Waals surface area (Å²) in [7, 11) is 1.71. The third-order valence-corrected chi connectivity index (χ3v) is 4.64. The van der Waals surface area contributed by atoms with E-state index in [1.54, 1.807) is 7.11 Å². The molecule has 1 aromatic rings. The van der Waals surface area contributed by atoms with Gasteiger partial charge in [0, 0.05) is 29.6 Å². The number of rotatable bonds is 2. The number of methoxy groups -OCH3 is 1. The Balaban J connectivity index is 1.93. The number of halogens is 2. The molecule has 0 spiro atoms. The van der Waals surface area contributed by atoms with Crippen LogP contribution in [-0.4, -0.2) is 30.6 Å². The second kappa shape index (κ2) is 4.34. The molecule has 17 heavy (non-hydrogen) atoms. The van der Waals surface area contributed by atoms with E-state index >= 15 is 0 Å². The Morgan fingerprint density at radius 2 is 2.18 bits per heavy atom. The van der Waals surface area contributed by atoms with Gasteiger partial charge >= 0.3 is 0 Å². The molecule has 0 N–H and O–H groups in total. The number of alkyl halides is 1. The first-order valence-corrected chi connectivity index (χ1v) is 6.72. The summed E-state index contributed by atoms with van der Waals surface area (Å²) in [6, 6.07) is 5.87. The molecule has 0 saturated carbocycles. The molecule has 2 aliphatic heterocycles. The van der Waals surface area contributed by atoms with Crippen molar-refractivity contribution >= 4 is 23.2 Å². The third-order valence-electron chi connectivity index (χ3n) is 3.95. The van der Waals surface area contributed by atoms with Crippen molar-refractivity contribution in [2.45, 2.75) is 17.8 Å². The van der Waals surface area contributed by atoms with Crippen LogP contribution in [0, 0.1) is 5.92 Å². The van der Waals surface area contributed by atoms with E-state index < -0.39 is 0 Å².